The van der Waals surface area contributed by atoms with Crippen LogP contribution >= 0.6 is 34.2 Å². The molecule has 0 unspecified atom stereocenters. The van der Waals surface area contributed by atoms with E-state index in [1.54, 1.807) is 37.4 Å². The zero-order chi connectivity index (χ0) is 13.8. The third-order valence-corrected chi connectivity index (χ3v) is 3.47. The van der Waals surface area contributed by atoms with E-state index < -0.39 is 0 Å². The molecular formula is C14H11ClINO2. The summed E-state index contributed by atoms with van der Waals surface area (Å²) in [5, 5.41) is 3.33. The standard InChI is InChI=1S/C14H11ClINO2/c1-19-13-7-4-10(15)8-12(13)17-14(18)9-2-5-11(16)6-3-9/h2-8H,1H3,(H,17,18). The zero-order valence-electron chi connectivity index (χ0n) is 10.1. The molecule has 0 bridgehead atoms. The van der Waals surface area contributed by atoms with Crippen LogP contribution in [0.5, 0.6) is 5.75 Å². The molecule has 2 aromatic rings. The largest absolute Gasteiger partial charge is 0.495 e. The second kappa shape index (κ2) is 6.25. The predicted octanol–water partition coefficient (Wildman–Crippen LogP) is 4.21. The Labute approximate surface area is 130 Å². The molecule has 5 heteroatoms. The Hall–Kier alpha value is -1.27. The highest BCUT2D eigenvalue weighted by Crippen LogP contribution is 2.28. The summed E-state index contributed by atoms with van der Waals surface area (Å²) in [6.07, 6.45) is 0. The number of nitrogens with one attached hydrogen (secondary N) is 1. The summed E-state index contributed by atoms with van der Waals surface area (Å²) >= 11 is 8.11. The van der Waals surface area contributed by atoms with Gasteiger partial charge in [-0.2, -0.15) is 0 Å². The summed E-state index contributed by atoms with van der Waals surface area (Å²) in [6, 6.07) is 12.4. The maximum absolute atomic E-state index is 12.1. The first kappa shape index (κ1) is 14.1. The van der Waals surface area contributed by atoms with E-state index in [0.717, 1.165) is 3.57 Å². The highest BCUT2D eigenvalue weighted by molar-refractivity contribution is 14.1. The highest BCUT2D eigenvalue weighted by atomic mass is 127. The number of ether oxygens (including phenoxy) is 1. The van der Waals surface area contributed by atoms with Gasteiger partial charge in [-0.3, -0.25) is 4.79 Å². The molecule has 0 atom stereocenters. The fourth-order valence-corrected chi connectivity index (χ4v) is 2.11. The zero-order valence-corrected chi connectivity index (χ0v) is 13.0. The number of amides is 1. The van der Waals surface area contributed by atoms with Crippen LogP contribution in [0, 0.1) is 3.57 Å². The van der Waals surface area contributed by atoms with Gasteiger partial charge in [-0.05, 0) is 65.1 Å². The minimum absolute atomic E-state index is 0.197. The van der Waals surface area contributed by atoms with Gasteiger partial charge in [0, 0.05) is 14.2 Å². The second-order valence-corrected chi connectivity index (χ2v) is 5.49. The number of hydrogen-bond donors (Lipinski definition) is 1. The third-order valence-electron chi connectivity index (χ3n) is 2.52. The van der Waals surface area contributed by atoms with Crippen LogP contribution in [-0.2, 0) is 0 Å². The monoisotopic (exact) mass is 387 g/mol. The molecule has 0 saturated heterocycles. The van der Waals surface area contributed by atoms with E-state index in [2.05, 4.69) is 27.9 Å². The lowest BCUT2D eigenvalue weighted by Gasteiger charge is -2.10. The van der Waals surface area contributed by atoms with Crippen molar-refractivity contribution in [2.45, 2.75) is 0 Å². The number of carbonyl (C=O) groups excluding carboxylic acids is 1. The van der Waals surface area contributed by atoms with Gasteiger partial charge in [-0.25, -0.2) is 0 Å². The number of carbonyl (C=O) groups is 1. The van der Waals surface area contributed by atoms with Crippen molar-refractivity contribution in [1.82, 2.24) is 0 Å². The van der Waals surface area contributed by atoms with E-state index >= 15 is 0 Å². The predicted molar refractivity (Wildman–Crippen MR) is 85.1 cm³/mol. The minimum Gasteiger partial charge on any atom is -0.495 e. The quantitative estimate of drug-likeness (QED) is 0.802. The summed E-state index contributed by atoms with van der Waals surface area (Å²) in [6.45, 7) is 0. The molecule has 0 spiro atoms. The number of halogens is 2. The highest BCUT2D eigenvalue weighted by Gasteiger charge is 2.10. The first-order chi connectivity index (χ1) is 9.10. The van der Waals surface area contributed by atoms with E-state index in [0.29, 0.717) is 22.0 Å². The maximum atomic E-state index is 12.1. The Morgan fingerprint density at radius 2 is 1.89 bits per heavy atom. The van der Waals surface area contributed by atoms with Crippen LogP contribution in [0.15, 0.2) is 42.5 Å². The Kier molecular flexibility index (Phi) is 4.66. The topological polar surface area (TPSA) is 38.3 Å². The average molecular weight is 388 g/mol. The molecule has 0 radical (unpaired) electrons. The molecule has 2 aromatic carbocycles. The van der Waals surface area contributed by atoms with Gasteiger partial charge in [0.1, 0.15) is 5.75 Å². The van der Waals surface area contributed by atoms with Gasteiger partial charge >= 0.3 is 0 Å². The van der Waals surface area contributed by atoms with Gasteiger partial charge in [-0.1, -0.05) is 11.6 Å². The van der Waals surface area contributed by atoms with E-state index in [9.17, 15) is 4.79 Å². The maximum Gasteiger partial charge on any atom is 0.255 e. The summed E-state index contributed by atoms with van der Waals surface area (Å²) in [5.41, 5.74) is 1.14. The molecule has 0 aliphatic rings. The molecule has 0 aliphatic heterocycles. The molecule has 2 rings (SSSR count). The number of hydrogen-bond acceptors (Lipinski definition) is 2. The van der Waals surface area contributed by atoms with Gasteiger partial charge in [0.2, 0.25) is 0 Å². The molecule has 0 fully saturated rings. The molecule has 0 heterocycles. The van der Waals surface area contributed by atoms with Gasteiger partial charge in [0.15, 0.2) is 0 Å². The third kappa shape index (κ3) is 3.61. The van der Waals surface area contributed by atoms with E-state index in [1.165, 1.54) is 0 Å². The van der Waals surface area contributed by atoms with Gasteiger partial charge in [-0.15, -0.1) is 0 Å². The minimum atomic E-state index is -0.197. The Morgan fingerprint density at radius 1 is 1.21 bits per heavy atom. The van der Waals surface area contributed by atoms with Crippen LogP contribution in [0.1, 0.15) is 10.4 Å². The van der Waals surface area contributed by atoms with Crippen LogP contribution < -0.4 is 10.1 Å². The molecule has 1 N–H and O–H groups in total. The van der Waals surface area contributed by atoms with Crippen molar-refractivity contribution in [2.75, 3.05) is 12.4 Å². The van der Waals surface area contributed by atoms with Crippen LogP contribution in [0.25, 0.3) is 0 Å². The Bertz CT molecular complexity index is 599. The smallest absolute Gasteiger partial charge is 0.255 e. The van der Waals surface area contributed by atoms with Crippen LogP contribution in [0.4, 0.5) is 5.69 Å². The number of anilines is 1. The van der Waals surface area contributed by atoms with Crippen molar-refractivity contribution < 1.29 is 9.53 Å². The SMILES string of the molecule is COc1ccc(Cl)cc1NC(=O)c1ccc(I)cc1. The van der Waals surface area contributed by atoms with Crippen molar-refractivity contribution in [3.05, 3.63) is 56.6 Å². The van der Waals surface area contributed by atoms with Crippen LogP contribution in [-0.4, -0.2) is 13.0 Å². The van der Waals surface area contributed by atoms with Crippen LogP contribution in [0.3, 0.4) is 0 Å². The number of rotatable bonds is 3. The molecule has 3 nitrogen and oxygen atoms in total. The lowest BCUT2D eigenvalue weighted by atomic mass is 10.2. The molecule has 0 aliphatic carbocycles. The van der Waals surface area contributed by atoms with Gasteiger partial charge < -0.3 is 10.1 Å². The first-order valence-electron chi connectivity index (χ1n) is 5.50. The Morgan fingerprint density at radius 3 is 2.53 bits per heavy atom. The summed E-state index contributed by atoms with van der Waals surface area (Å²) < 4.78 is 6.26. The van der Waals surface area contributed by atoms with E-state index in [-0.39, 0.29) is 5.91 Å². The second-order valence-electron chi connectivity index (χ2n) is 3.81. The number of benzene rings is 2. The van der Waals surface area contributed by atoms with Crippen molar-refractivity contribution >= 4 is 45.8 Å². The van der Waals surface area contributed by atoms with E-state index in [4.69, 9.17) is 16.3 Å². The van der Waals surface area contributed by atoms with Gasteiger partial charge in [0.05, 0.1) is 12.8 Å². The molecule has 1 amide bonds. The van der Waals surface area contributed by atoms with Crippen molar-refractivity contribution in [1.29, 1.82) is 0 Å². The lowest BCUT2D eigenvalue weighted by molar-refractivity contribution is 0.102. The lowest BCUT2D eigenvalue weighted by Crippen LogP contribution is -2.12. The summed E-state index contributed by atoms with van der Waals surface area (Å²) in [7, 11) is 1.55. The van der Waals surface area contributed by atoms with Gasteiger partial charge in [0.25, 0.3) is 5.91 Å². The van der Waals surface area contributed by atoms with Crippen molar-refractivity contribution in [2.24, 2.45) is 0 Å². The normalized spacial score (nSPS) is 10.1. The fourth-order valence-electron chi connectivity index (χ4n) is 1.57. The average Bonchev–Trinajstić information content (AvgIpc) is 2.39. The molecule has 0 saturated carbocycles. The molecule has 98 valence electrons. The Balaban J connectivity index is 2.23. The summed E-state index contributed by atoms with van der Waals surface area (Å²) in [4.78, 5) is 12.1. The van der Waals surface area contributed by atoms with Crippen molar-refractivity contribution in [3.8, 4) is 5.75 Å². The molecule has 19 heavy (non-hydrogen) atoms. The number of methoxy groups -OCH3 is 1. The fraction of sp³-hybridized carbons (Fsp3) is 0.0714. The molecule has 0 aromatic heterocycles. The molecular weight excluding hydrogens is 377 g/mol. The van der Waals surface area contributed by atoms with E-state index in [1.807, 2.05) is 12.1 Å². The first-order valence-corrected chi connectivity index (χ1v) is 6.96. The van der Waals surface area contributed by atoms with Crippen LogP contribution in [0.2, 0.25) is 5.02 Å². The van der Waals surface area contributed by atoms with Crippen molar-refractivity contribution in [3.63, 3.8) is 0 Å². The summed E-state index contributed by atoms with van der Waals surface area (Å²) in [5.74, 6) is 0.375.